The molecule has 0 heterocycles. The first-order chi connectivity index (χ1) is 8.30. The summed E-state index contributed by atoms with van der Waals surface area (Å²) in [5.74, 6) is 0. The summed E-state index contributed by atoms with van der Waals surface area (Å²) < 4.78 is 25.1. The highest BCUT2D eigenvalue weighted by Gasteiger charge is 2.28. The van der Waals surface area contributed by atoms with Gasteiger partial charge in [0.25, 0.3) is 0 Å². The van der Waals surface area contributed by atoms with Gasteiger partial charge in [0.15, 0.2) is 9.84 Å². The van der Waals surface area contributed by atoms with Crippen molar-refractivity contribution in [2.75, 3.05) is 6.54 Å². The number of nitrogens with one attached hydrogen (secondary N) is 1. The molecule has 18 heavy (non-hydrogen) atoms. The second-order valence-corrected chi connectivity index (χ2v) is 7.14. The molecule has 0 saturated heterocycles. The van der Waals surface area contributed by atoms with E-state index in [1.165, 1.54) is 0 Å². The van der Waals surface area contributed by atoms with Gasteiger partial charge in [-0.15, -0.1) is 0 Å². The molecule has 0 aromatic heterocycles. The standard InChI is InChI=1S/C14H23NO2S/c1-6-15-12(4)13(5)18(16,17)14-8-7-10(2)9-11(14)3/h7-9,12-13,15H,6H2,1-5H3. The Hall–Kier alpha value is -0.870. The van der Waals surface area contributed by atoms with Gasteiger partial charge in [-0.3, -0.25) is 0 Å². The lowest BCUT2D eigenvalue weighted by Gasteiger charge is -2.22. The molecule has 0 fully saturated rings. The molecule has 102 valence electrons. The van der Waals surface area contributed by atoms with Crippen LogP contribution in [0.2, 0.25) is 0 Å². The van der Waals surface area contributed by atoms with E-state index in [1.807, 2.05) is 39.8 Å². The number of rotatable bonds is 5. The highest BCUT2D eigenvalue weighted by Crippen LogP contribution is 2.22. The molecule has 0 aliphatic rings. The van der Waals surface area contributed by atoms with Gasteiger partial charge in [-0.25, -0.2) is 8.42 Å². The zero-order valence-electron chi connectivity index (χ0n) is 11.8. The topological polar surface area (TPSA) is 46.2 Å². The summed E-state index contributed by atoms with van der Waals surface area (Å²) in [4.78, 5) is 0.449. The molecule has 0 aliphatic heterocycles. The van der Waals surface area contributed by atoms with Crippen LogP contribution in [-0.2, 0) is 9.84 Å². The summed E-state index contributed by atoms with van der Waals surface area (Å²) in [5.41, 5.74) is 1.91. The molecule has 1 rings (SSSR count). The molecule has 2 unspecified atom stereocenters. The molecule has 0 amide bonds. The van der Waals surface area contributed by atoms with Gasteiger partial charge in [-0.1, -0.05) is 24.6 Å². The van der Waals surface area contributed by atoms with Crippen LogP contribution in [0.1, 0.15) is 31.9 Å². The summed E-state index contributed by atoms with van der Waals surface area (Å²) in [5, 5.41) is 2.74. The Morgan fingerprint density at radius 2 is 1.83 bits per heavy atom. The van der Waals surface area contributed by atoms with Crippen LogP contribution in [0.3, 0.4) is 0 Å². The van der Waals surface area contributed by atoms with E-state index in [1.54, 1.807) is 13.0 Å². The zero-order chi connectivity index (χ0) is 13.9. The van der Waals surface area contributed by atoms with Crippen molar-refractivity contribution in [2.45, 2.75) is 50.8 Å². The van der Waals surface area contributed by atoms with Gasteiger partial charge in [-0.2, -0.15) is 0 Å². The molecule has 0 bridgehead atoms. The molecule has 3 nitrogen and oxygen atoms in total. The minimum atomic E-state index is -3.27. The lowest BCUT2D eigenvalue weighted by atomic mass is 10.2. The highest BCUT2D eigenvalue weighted by molar-refractivity contribution is 7.92. The number of aryl methyl sites for hydroxylation is 2. The van der Waals surface area contributed by atoms with E-state index in [-0.39, 0.29) is 6.04 Å². The molecule has 1 aromatic rings. The predicted octanol–water partition coefficient (Wildman–Crippen LogP) is 2.46. The summed E-state index contributed by atoms with van der Waals surface area (Å²) in [6.07, 6.45) is 0. The van der Waals surface area contributed by atoms with E-state index in [0.29, 0.717) is 4.90 Å². The van der Waals surface area contributed by atoms with Crippen molar-refractivity contribution in [3.05, 3.63) is 29.3 Å². The Bertz CT molecular complexity index is 509. The Morgan fingerprint density at radius 1 is 1.22 bits per heavy atom. The Labute approximate surface area is 111 Å². The molecule has 4 heteroatoms. The third kappa shape index (κ3) is 3.12. The van der Waals surface area contributed by atoms with Gasteiger partial charge < -0.3 is 5.32 Å². The first-order valence-electron chi connectivity index (χ1n) is 6.35. The molecular formula is C14H23NO2S. The van der Waals surface area contributed by atoms with Crippen LogP contribution in [0.5, 0.6) is 0 Å². The molecule has 1 N–H and O–H groups in total. The average molecular weight is 269 g/mol. The van der Waals surface area contributed by atoms with Crippen LogP contribution in [0.15, 0.2) is 23.1 Å². The SMILES string of the molecule is CCNC(C)C(C)S(=O)(=O)c1ccc(C)cc1C. The van der Waals surface area contributed by atoms with Crippen molar-refractivity contribution in [3.63, 3.8) is 0 Å². The van der Waals surface area contributed by atoms with Crippen LogP contribution < -0.4 is 5.32 Å². The van der Waals surface area contributed by atoms with E-state index in [9.17, 15) is 8.42 Å². The van der Waals surface area contributed by atoms with Crippen molar-refractivity contribution in [1.29, 1.82) is 0 Å². The fourth-order valence-corrected chi connectivity index (χ4v) is 3.88. The van der Waals surface area contributed by atoms with E-state index in [0.717, 1.165) is 17.7 Å². The zero-order valence-corrected chi connectivity index (χ0v) is 12.6. The normalized spacial score (nSPS) is 15.4. The number of hydrogen-bond acceptors (Lipinski definition) is 3. The molecule has 0 aliphatic carbocycles. The monoisotopic (exact) mass is 269 g/mol. The lowest BCUT2D eigenvalue weighted by Crippen LogP contribution is -2.40. The third-order valence-electron chi connectivity index (χ3n) is 3.36. The molecule has 2 atom stereocenters. The maximum Gasteiger partial charge on any atom is 0.182 e. The van der Waals surface area contributed by atoms with Gasteiger partial charge in [-0.05, 0) is 45.9 Å². The van der Waals surface area contributed by atoms with Crippen molar-refractivity contribution in [1.82, 2.24) is 5.32 Å². The van der Waals surface area contributed by atoms with Crippen LogP contribution >= 0.6 is 0 Å². The van der Waals surface area contributed by atoms with Crippen molar-refractivity contribution < 1.29 is 8.42 Å². The van der Waals surface area contributed by atoms with Crippen LogP contribution in [0.25, 0.3) is 0 Å². The number of benzene rings is 1. The highest BCUT2D eigenvalue weighted by atomic mass is 32.2. The summed E-state index contributed by atoms with van der Waals surface area (Å²) in [6, 6.07) is 5.43. The Morgan fingerprint density at radius 3 is 2.33 bits per heavy atom. The smallest absolute Gasteiger partial charge is 0.182 e. The third-order valence-corrected chi connectivity index (χ3v) is 5.81. The number of hydrogen-bond donors (Lipinski definition) is 1. The first-order valence-corrected chi connectivity index (χ1v) is 7.89. The average Bonchev–Trinajstić information content (AvgIpc) is 2.27. The maximum atomic E-state index is 12.5. The van der Waals surface area contributed by atoms with E-state index < -0.39 is 15.1 Å². The Balaban J connectivity index is 3.13. The van der Waals surface area contributed by atoms with E-state index >= 15 is 0 Å². The van der Waals surface area contributed by atoms with Gasteiger partial charge in [0.2, 0.25) is 0 Å². The largest absolute Gasteiger partial charge is 0.313 e. The van der Waals surface area contributed by atoms with Gasteiger partial charge in [0.1, 0.15) is 0 Å². The van der Waals surface area contributed by atoms with Gasteiger partial charge in [0.05, 0.1) is 10.1 Å². The Kier molecular flexibility index (Phi) is 4.93. The quantitative estimate of drug-likeness (QED) is 0.893. The minimum absolute atomic E-state index is 0.0549. The first kappa shape index (κ1) is 15.2. The molecule has 0 saturated carbocycles. The molecule has 1 aromatic carbocycles. The van der Waals surface area contributed by atoms with Crippen LogP contribution in [0.4, 0.5) is 0 Å². The van der Waals surface area contributed by atoms with Crippen LogP contribution in [-0.4, -0.2) is 26.3 Å². The lowest BCUT2D eigenvalue weighted by molar-refractivity contribution is 0.520. The van der Waals surface area contributed by atoms with Crippen molar-refractivity contribution in [2.24, 2.45) is 0 Å². The molecule has 0 spiro atoms. The van der Waals surface area contributed by atoms with Gasteiger partial charge in [0, 0.05) is 6.04 Å². The fraction of sp³-hybridized carbons (Fsp3) is 0.571. The molecule has 0 radical (unpaired) electrons. The van der Waals surface area contributed by atoms with E-state index in [2.05, 4.69) is 5.32 Å². The fourth-order valence-electron chi connectivity index (χ4n) is 2.08. The summed E-state index contributed by atoms with van der Waals surface area (Å²) in [6.45, 7) is 10.2. The second kappa shape index (κ2) is 5.85. The maximum absolute atomic E-state index is 12.5. The molecular weight excluding hydrogens is 246 g/mol. The van der Waals surface area contributed by atoms with Crippen molar-refractivity contribution >= 4 is 9.84 Å². The predicted molar refractivity (Wildman–Crippen MR) is 75.7 cm³/mol. The van der Waals surface area contributed by atoms with E-state index in [4.69, 9.17) is 0 Å². The summed E-state index contributed by atoms with van der Waals surface area (Å²) >= 11 is 0. The summed E-state index contributed by atoms with van der Waals surface area (Å²) in [7, 11) is -3.27. The minimum Gasteiger partial charge on any atom is -0.313 e. The number of sulfone groups is 1. The van der Waals surface area contributed by atoms with Crippen LogP contribution in [0, 0.1) is 13.8 Å². The van der Waals surface area contributed by atoms with Gasteiger partial charge >= 0.3 is 0 Å². The second-order valence-electron chi connectivity index (χ2n) is 4.87. The van der Waals surface area contributed by atoms with Crippen molar-refractivity contribution in [3.8, 4) is 0 Å².